The van der Waals surface area contributed by atoms with Crippen molar-refractivity contribution < 1.29 is 23.6 Å². The Morgan fingerprint density at radius 2 is 1.80 bits per heavy atom. The molecule has 20 heavy (non-hydrogen) atoms. The Hall–Kier alpha value is -1.92. The summed E-state index contributed by atoms with van der Waals surface area (Å²) in [6.45, 7) is 1.81. The molecule has 0 unspecified atom stereocenters. The molecular weight excluding hydrogens is 265 g/mol. The minimum atomic E-state index is -1.66. The first-order valence-electron chi connectivity index (χ1n) is 6.01. The van der Waals surface area contributed by atoms with Gasteiger partial charge in [-0.2, -0.15) is 0 Å². The molecule has 6 heteroatoms. The number of aryl methyl sites for hydroxylation is 1. The van der Waals surface area contributed by atoms with E-state index in [0.29, 0.717) is 5.56 Å². The van der Waals surface area contributed by atoms with Crippen LogP contribution in [0.25, 0.3) is 0 Å². The number of halogens is 2. The van der Waals surface area contributed by atoms with Gasteiger partial charge in [-0.25, -0.2) is 8.78 Å². The molecule has 0 heterocycles. The first-order valence-corrected chi connectivity index (χ1v) is 6.01. The van der Waals surface area contributed by atoms with Crippen molar-refractivity contribution in [3.05, 3.63) is 59.2 Å². The van der Waals surface area contributed by atoms with E-state index in [1.54, 1.807) is 18.2 Å². The van der Waals surface area contributed by atoms with Gasteiger partial charge in [0.05, 0.1) is 0 Å². The molecule has 104 valence electrons. The third-order valence-corrected chi connectivity index (χ3v) is 2.82. The lowest BCUT2D eigenvalue weighted by Crippen LogP contribution is -2.31. The summed E-state index contributed by atoms with van der Waals surface area (Å²) in [6, 6.07) is 8.41. The Morgan fingerprint density at radius 3 is 2.45 bits per heavy atom. The molecular formula is C14H13BF2O3. The molecule has 0 bridgehead atoms. The van der Waals surface area contributed by atoms with Gasteiger partial charge in [-0.1, -0.05) is 23.8 Å². The van der Waals surface area contributed by atoms with Gasteiger partial charge in [0, 0.05) is 5.46 Å². The molecule has 0 saturated carbocycles. The molecule has 2 aromatic carbocycles. The second-order valence-electron chi connectivity index (χ2n) is 4.45. The summed E-state index contributed by atoms with van der Waals surface area (Å²) >= 11 is 0. The van der Waals surface area contributed by atoms with E-state index in [4.69, 9.17) is 4.74 Å². The molecule has 0 fully saturated rings. The standard InChI is InChI=1S/C14H13BF2O3/c1-9-2-5-14(11(6-9)15(18)19)20-8-10-3-4-12(16)13(17)7-10/h2-7,18-19H,8H2,1H3. The molecule has 0 atom stereocenters. The summed E-state index contributed by atoms with van der Waals surface area (Å²) in [6.07, 6.45) is 0. The van der Waals surface area contributed by atoms with E-state index in [1.165, 1.54) is 6.07 Å². The Balaban J connectivity index is 2.16. The van der Waals surface area contributed by atoms with E-state index < -0.39 is 18.8 Å². The zero-order valence-corrected chi connectivity index (χ0v) is 10.8. The second kappa shape index (κ2) is 6.03. The molecule has 2 rings (SSSR count). The minimum Gasteiger partial charge on any atom is -0.489 e. The first kappa shape index (κ1) is 14.5. The highest BCUT2D eigenvalue weighted by Gasteiger charge is 2.17. The summed E-state index contributed by atoms with van der Waals surface area (Å²) in [5.41, 5.74) is 1.53. The van der Waals surface area contributed by atoms with Crippen molar-refractivity contribution in [2.45, 2.75) is 13.5 Å². The molecule has 0 aliphatic rings. The van der Waals surface area contributed by atoms with E-state index >= 15 is 0 Å². The first-order chi connectivity index (χ1) is 9.47. The lowest BCUT2D eigenvalue weighted by atomic mass is 9.79. The van der Waals surface area contributed by atoms with Gasteiger partial charge in [0.15, 0.2) is 11.6 Å². The SMILES string of the molecule is Cc1ccc(OCc2ccc(F)c(F)c2)c(B(O)O)c1. The van der Waals surface area contributed by atoms with E-state index in [2.05, 4.69) is 0 Å². The minimum absolute atomic E-state index is 0.0000189. The van der Waals surface area contributed by atoms with E-state index in [9.17, 15) is 18.8 Å². The third-order valence-electron chi connectivity index (χ3n) is 2.82. The van der Waals surface area contributed by atoms with E-state index in [-0.39, 0.29) is 17.8 Å². The van der Waals surface area contributed by atoms with Crippen LogP contribution in [0.5, 0.6) is 5.75 Å². The Kier molecular flexibility index (Phi) is 4.37. The number of rotatable bonds is 4. The van der Waals surface area contributed by atoms with Crippen LogP contribution in [-0.4, -0.2) is 17.2 Å². The van der Waals surface area contributed by atoms with Gasteiger partial charge in [0.2, 0.25) is 0 Å². The number of benzene rings is 2. The van der Waals surface area contributed by atoms with Gasteiger partial charge >= 0.3 is 7.12 Å². The number of hydrogen-bond donors (Lipinski definition) is 2. The van der Waals surface area contributed by atoms with Crippen LogP contribution in [-0.2, 0) is 6.61 Å². The summed E-state index contributed by atoms with van der Waals surface area (Å²) in [5.74, 6) is -1.58. The third kappa shape index (κ3) is 3.34. The van der Waals surface area contributed by atoms with Gasteiger partial charge in [-0.3, -0.25) is 0 Å². The second-order valence-corrected chi connectivity index (χ2v) is 4.45. The number of hydrogen-bond acceptors (Lipinski definition) is 3. The maximum absolute atomic E-state index is 13.1. The van der Waals surface area contributed by atoms with Crippen LogP contribution in [0, 0.1) is 18.6 Å². The predicted octanol–water partition coefficient (Wildman–Crippen LogP) is 1.53. The summed E-state index contributed by atoms with van der Waals surface area (Å²) in [7, 11) is -1.66. The highest BCUT2D eigenvalue weighted by atomic mass is 19.2. The molecule has 0 aliphatic heterocycles. The van der Waals surface area contributed by atoms with Crippen LogP contribution in [0.15, 0.2) is 36.4 Å². The number of ether oxygens (including phenoxy) is 1. The van der Waals surface area contributed by atoms with Crippen molar-refractivity contribution in [1.29, 1.82) is 0 Å². The van der Waals surface area contributed by atoms with Crippen LogP contribution in [0.2, 0.25) is 0 Å². The van der Waals surface area contributed by atoms with Crippen LogP contribution in [0.3, 0.4) is 0 Å². The van der Waals surface area contributed by atoms with Crippen LogP contribution in [0.1, 0.15) is 11.1 Å². The summed E-state index contributed by atoms with van der Waals surface area (Å²) in [4.78, 5) is 0. The molecule has 0 saturated heterocycles. The zero-order valence-electron chi connectivity index (χ0n) is 10.8. The van der Waals surface area contributed by atoms with E-state index in [0.717, 1.165) is 17.7 Å². The zero-order chi connectivity index (χ0) is 14.7. The molecule has 0 radical (unpaired) electrons. The molecule has 3 nitrogen and oxygen atoms in total. The average Bonchev–Trinajstić information content (AvgIpc) is 2.41. The molecule has 0 aromatic heterocycles. The van der Waals surface area contributed by atoms with E-state index in [1.807, 2.05) is 6.92 Å². The lowest BCUT2D eigenvalue weighted by Gasteiger charge is -2.12. The Bertz CT molecular complexity index is 617. The van der Waals surface area contributed by atoms with Gasteiger partial charge < -0.3 is 14.8 Å². The highest BCUT2D eigenvalue weighted by molar-refractivity contribution is 6.59. The molecule has 0 spiro atoms. The fraction of sp³-hybridized carbons (Fsp3) is 0.143. The van der Waals surface area contributed by atoms with Gasteiger partial charge in [-0.05, 0) is 30.7 Å². The summed E-state index contributed by atoms with van der Waals surface area (Å²) in [5, 5.41) is 18.5. The molecule has 2 aromatic rings. The van der Waals surface area contributed by atoms with Crippen molar-refractivity contribution in [3.8, 4) is 5.75 Å². The van der Waals surface area contributed by atoms with Crippen molar-refractivity contribution in [1.82, 2.24) is 0 Å². The largest absolute Gasteiger partial charge is 0.492 e. The fourth-order valence-corrected chi connectivity index (χ4v) is 1.79. The van der Waals surface area contributed by atoms with Crippen molar-refractivity contribution in [3.63, 3.8) is 0 Å². The van der Waals surface area contributed by atoms with Crippen LogP contribution < -0.4 is 10.2 Å². The van der Waals surface area contributed by atoms with Crippen molar-refractivity contribution >= 4 is 12.6 Å². The van der Waals surface area contributed by atoms with Gasteiger partial charge in [-0.15, -0.1) is 0 Å². The topological polar surface area (TPSA) is 49.7 Å². The monoisotopic (exact) mass is 278 g/mol. The van der Waals surface area contributed by atoms with Crippen molar-refractivity contribution in [2.75, 3.05) is 0 Å². The molecule has 0 aliphatic carbocycles. The average molecular weight is 278 g/mol. The lowest BCUT2D eigenvalue weighted by molar-refractivity contribution is 0.305. The Labute approximate surface area is 115 Å². The van der Waals surface area contributed by atoms with Crippen molar-refractivity contribution in [2.24, 2.45) is 0 Å². The molecule has 0 amide bonds. The van der Waals surface area contributed by atoms with Gasteiger partial charge in [0.25, 0.3) is 0 Å². The van der Waals surface area contributed by atoms with Crippen LogP contribution in [0.4, 0.5) is 8.78 Å². The summed E-state index contributed by atoms with van der Waals surface area (Å²) < 4.78 is 31.3. The maximum Gasteiger partial charge on any atom is 0.492 e. The maximum atomic E-state index is 13.1. The fourth-order valence-electron chi connectivity index (χ4n) is 1.79. The smallest absolute Gasteiger partial charge is 0.489 e. The van der Waals surface area contributed by atoms with Crippen LogP contribution >= 0.6 is 0 Å². The highest BCUT2D eigenvalue weighted by Crippen LogP contribution is 2.14. The Morgan fingerprint density at radius 1 is 1.05 bits per heavy atom. The quantitative estimate of drug-likeness (QED) is 0.834. The predicted molar refractivity (Wildman–Crippen MR) is 71.7 cm³/mol. The van der Waals surface area contributed by atoms with Gasteiger partial charge in [0.1, 0.15) is 12.4 Å². The molecule has 2 N–H and O–H groups in total. The normalized spacial score (nSPS) is 10.4.